The maximum absolute atomic E-state index is 4.57. The second kappa shape index (κ2) is 4.02. The van der Waals surface area contributed by atoms with E-state index in [0.29, 0.717) is 5.92 Å². The molecule has 2 aromatic rings. The Balaban J connectivity index is 2.00. The van der Waals surface area contributed by atoms with Gasteiger partial charge in [0.25, 0.3) is 0 Å². The van der Waals surface area contributed by atoms with Gasteiger partial charge in [0.05, 0.1) is 5.69 Å². The van der Waals surface area contributed by atoms with Crippen molar-refractivity contribution in [3.8, 4) is 11.1 Å². The van der Waals surface area contributed by atoms with Crippen LogP contribution in [0.3, 0.4) is 0 Å². The molecule has 0 N–H and O–H groups in total. The zero-order valence-corrected chi connectivity index (χ0v) is 10.4. The van der Waals surface area contributed by atoms with Crippen molar-refractivity contribution in [3.05, 3.63) is 52.8 Å². The molecule has 0 radical (unpaired) electrons. The van der Waals surface area contributed by atoms with Crippen LogP contribution >= 0.6 is 15.9 Å². The van der Waals surface area contributed by atoms with Gasteiger partial charge in [-0.1, -0.05) is 30.3 Å². The number of hydrogen-bond acceptors (Lipinski definition) is 1. The van der Waals surface area contributed by atoms with Crippen LogP contribution in [0.1, 0.15) is 24.5 Å². The molecule has 2 heteroatoms. The topological polar surface area (TPSA) is 12.9 Å². The first kappa shape index (κ1) is 10.0. The van der Waals surface area contributed by atoms with Crippen molar-refractivity contribution in [1.82, 2.24) is 4.98 Å². The average molecular weight is 274 g/mol. The number of rotatable bonds is 2. The van der Waals surface area contributed by atoms with E-state index >= 15 is 0 Å². The van der Waals surface area contributed by atoms with Crippen molar-refractivity contribution < 1.29 is 0 Å². The molecule has 3 rings (SSSR count). The maximum Gasteiger partial charge on any atom is 0.0576 e. The molecular weight excluding hydrogens is 262 g/mol. The van der Waals surface area contributed by atoms with Gasteiger partial charge in [-0.05, 0) is 40.4 Å². The minimum atomic E-state index is 0.694. The van der Waals surface area contributed by atoms with Crippen molar-refractivity contribution in [3.63, 3.8) is 0 Å². The lowest BCUT2D eigenvalue weighted by Gasteiger charge is -2.05. The standard InChI is InChI=1S/C14H12BrN/c15-13-8-12(10-4-2-1-3-5-10)9-16-14(13)11-6-7-11/h1-5,8-9,11H,6-7H2. The molecule has 0 saturated heterocycles. The third-order valence-corrected chi connectivity index (χ3v) is 3.58. The molecular formula is C14H12BrN. The van der Waals surface area contributed by atoms with E-state index in [4.69, 9.17) is 0 Å². The van der Waals surface area contributed by atoms with Crippen molar-refractivity contribution in [2.75, 3.05) is 0 Å². The highest BCUT2D eigenvalue weighted by molar-refractivity contribution is 9.10. The molecule has 16 heavy (non-hydrogen) atoms. The Kier molecular flexibility index (Phi) is 2.52. The smallest absolute Gasteiger partial charge is 0.0576 e. The molecule has 0 amide bonds. The minimum Gasteiger partial charge on any atom is -0.259 e. The number of nitrogens with zero attached hydrogens (tertiary/aromatic N) is 1. The predicted molar refractivity (Wildman–Crippen MR) is 69.3 cm³/mol. The van der Waals surface area contributed by atoms with Crippen molar-refractivity contribution in [1.29, 1.82) is 0 Å². The van der Waals surface area contributed by atoms with E-state index in [1.54, 1.807) is 0 Å². The molecule has 0 aliphatic heterocycles. The molecule has 1 aliphatic rings. The number of halogens is 1. The van der Waals surface area contributed by atoms with Crippen LogP contribution in [0.4, 0.5) is 0 Å². The second-order valence-electron chi connectivity index (χ2n) is 4.23. The van der Waals surface area contributed by atoms with Gasteiger partial charge in [0.2, 0.25) is 0 Å². The number of hydrogen-bond donors (Lipinski definition) is 0. The summed E-state index contributed by atoms with van der Waals surface area (Å²) in [5.41, 5.74) is 3.62. The Morgan fingerprint density at radius 3 is 2.44 bits per heavy atom. The first-order valence-corrected chi connectivity index (χ1v) is 6.35. The second-order valence-corrected chi connectivity index (χ2v) is 5.09. The van der Waals surface area contributed by atoms with E-state index in [0.717, 1.165) is 4.47 Å². The van der Waals surface area contributed by atoms with Gasteiger partial charge >= 0.3 is 0 Å². The molecule has 0 bridgehead atoms. The molecule has 1 aromatic heterocycles. The molecule has 1 saturated carbocycles. The fourth-order valence-corrected chi connectivity index (χ4v) is 2.57. The summed E-state index contributed by atoms with van der Waals surface area (Å²) in [5.74, 6) is 0.694. The summed E-state index contributed by atoms with van der Waals surface area (Å²) in [5, 5.41) is 0. The fourth-order valence-electron chi connectivity index (χ4n) is 1.89. The lowest BCUT2D eigenvalue weighted by Crippen LogP contribution is -1.89. The van der Waals surface area contributed by atoms with Crippen LogP contribution in [0.2, 0.25) is 0 Å². The Hall–Kier alpha value is -1.15. The van der Waals surface area contributed by atoms with Gasteiger partial charge in [-0.15, -0.1) is 0 Å². The maximum atomic E-state index is 4.57. The van der Waals surface area contributed by atoms with Crippen LogP contribution < -0.4 is 0 Å². The normalized spacial score (nSPS) is 15.1. The molecule has 0 unspecified atom stereocenters. The number of pyridine rings is 1. The first-order chi connectivity index (χ1) is 7.84. The van der Waals surface area contributed by atoms with E-state index in [9.17, 15) is 0 Å². The Morgan fingerprint density at radius 1 is 1.06 bits per heavy atom. The van der Waals surface area contributed by atoms with Gasteiger partial charge in [0.15, 0.2) is 0 Å². The molecule has 1 aliphatic carbocycles. The van der Waals surface area contributed by atoms with Crippen LogP contribution in [-0.2, 0) is 0 Å². The highest BCUT2D eigenvalue weighted by Gasteiger charge is 2.27. The van der Waals surface area contributed by atoms with Gasteiger partial charge in [0.1, 0.15) is 0 Å². The molecule has 0 spiro atoms. The van der Waals surface area contributed by atoms with Crippen LogP contribution in [0.25, 0.3) is 11.1 Å². The zero-order valence-electron chi connectivity index (χ0n) is 8.86. The highest BCUT2D eigenvalue weighted by Crippen LogP contribution is 2.42. The highest BCUT2D eigenvalue weighted by atomic mass is 79.9. The fraction of sp³-hybridized carbons (Fsp3) is 0.214. The van der Waals surface area contributed by atoms with Crippen molar-refractivity contribution >= 4 is 15.9 Å². The van der Waals surface area contributed by atoms with Gasteiger partial charge < -0.3 is 0 Å². The Bertz CT molecular complexity index is 503. The summed E-state index contributed by atoms with van der Waals surface area (Å²) in [6.07, 6.45) is 4.56. The van der Waals surface area contributed by atoms with Gasteiger partial charge in [0, 0.05) is 22.2 Å². The van der Waals surface area contributed by atoms with E-state index in [1.165, 1.54) is 29.7 Å². The average Bonchev–Trinajstić information content (AvgIpc) is 3.14. The quantitative estimate of drug-likeness (QED) is 0.791. The predicted octanol–water partition coefficient (Wildman–Crippen LogP) is 4.39. The summed E-state index contributed by atoms with van der Waals surface area (Å²) in [4.78, 5) is 4.57. The third-order valence-electron chi connectivity index (χ3n) is 2.94. The summed E-state index contributed by atoms with van der Waals surface area (Å²) < 4.78 is 1.15. The van der Waals surface area contributed by atoms with Crippen LogP contribution in [-0.4, -0.2) is 4.98 Å². The Morgan fingerprint density at radius 2 is 1.81 bits per heavy atom. The van der Waals surface area contributed by atoms with Crippen molar-refractivity contribution in [2.24, 2.45) is 0 Å². The van der Waals surface area contributed by atoms with Gasteiger partial charge in [-0.2, -0.15) is 0 Å². The largest absolute Gasteiger partial charge is 0.259 e. The molecule has 0 atom stereocenters. The first-order valence-electron chi connectivity index (χ1n) is 5.55. The summed E-state index contributed by atoms with van der Waals surface area (Å²) in [7, 11) is 0. The van der Waals surface area contributed by atoms with Gasteiger partial charge in [-0.3, -0.25) is 4.98 Å². The van der Waals surface area contributed by atoms with Crippen LogP contribution in [0, 0.1) is 0 Å². The lowest BCUT2D eigenvalue weighted by molar-refractivity contribution is 1.01. The minimum absolute atomic E-state index is 0.694. The number of benzene rings is 1. The molecule has 1 heterocycles. The molecule has 1 fully saturated rings. The van der Waals surface area contributed by atoms with Crippen LogP contribution in [0.5, 0.6) is 0 Å². The van der Waals surface area contributed by atoms with E-state index < -0.39 is 0 Å². The van der Waals surface area contributed by atoms with E-state index in [2.05, 4.69) is 51.2 Å². The molecule has 1 aromatic carbocycles. The van der Waals surface area contributed by atoms with Gasteiger partial charge in [-0.25, -0.2) is 0 Å². The monoisotopic (exact) mass is 273 g/mol. The van der Waals surface area contributed by atoms with Crippen LogP contribution in [0.15, 0.2) is 47.1 Å². The molecule has 80 valence electrons. The third kappa shape index (κ3) is 1.90. The Labute approximate surface area is 104 Å². The van der Waals surface area contributed by atoms with E-state index in [-0.39, 0.29) is 0 Å². The summed E-state index contributed by atoms with van der Waals surface area (Å²) >= 11 is 3.62. The lowest BCUT2D eigenvalue weighted by atomic mass is 10.1. The number of aromatic nitrogens is 1. The zero-order chi connectivity index (χ0) is 11.0. The summed E-state index contributed by atoms with van der Waals surface area (Å²) in [6.45, 7) is 0. The molecule has 1 nitrogen and oxygen atoms in total. The summed E-state index contributed by atoms with van der Waals surface area (Å²) in [6, 6.07) is 12.5. The van der Waals surface area contributed by atoms with Crippen molar-refractivity contribution in [2.45, 2.75) is 18.8 Å². The van der Waals surface area contributed by atoms with E-state index in [1.807, 2.05) is 12.3 Å². The SMILES string of the molecule is Brc1cc(-c2ccccc2)cnc1C1CC1.